The highest BCUT2D eigenvalue weighted by Gasteiger charge is 2.16. The molecule has 0 aliphatic heterocycles. The minimum Gasteiger partial charge on any atom is -0.383 e. The third-order valence-electron chi connectivity index (χ3n) is 2.99. The molecule has 25 heavy (non-hydrogen) atoms. The Balaban J connectivity index is 1.97. The van der Waals surface area contributed by atoms with Gasteiger partial charge >= 0.3 is 0 Å². The van der Waals surface area contributed by atoms with E-state index in [0.29, 0.717) is 10.8 Å². The first-order chi connectivity index (χ1) is 11.7. The summed E-state index contributed by atoms with van der Waals surface area (Å²) >= 11 is 1.09. The van der Waals surface area contributed by atoms with Crippen LogP contribution in [0.4, 0.5) is 17.3 Å². The number of nitrogens with two attached hydrogens (primary N) is 2. The summed E-state index contributed by atoms with van der Waals surface area (Å²) in [6.07, 6.45) is 0. The molecule has 0 unspecified atom stereocenters. The summed E-state index contributed by atoms with van der Waals surface area (Å²) < 4.78 is 25.1. The normalized spacial score (nSPS) is 11.5. The first-order valence-electron chi connectivity index (χ1n) is 7.04. The number of hydrogen-bond donors (Lipinski definition) is 3. The van der Waals surface area contributed by atoms with E-state index in [1.807, 2.05) is 0 Å². The number of nitrogen functional groups attached to an aromatic ring is 2. The average Bonchev–Trinajstić information content (AvgIpc) is 2.52. The molecule has 2 rings (SSSR count). The lowest BCUT2D eigenvalue weighted by Gasteiger charge is -2.12. The van der Waals surface area contributed by atoms with Crippen LogP contribution in [-0.2, 0) is 14.8 Å². The number of hydrogen-bond acceptors (Lipinski definition) is 8. The Bertz CT molecular complexity index is 848. The molecule has 1 amide bonds. The number of anilines is 3. The molecular weight excluding hydrogens is 364 g/mol. The maximum absolute atomic E-state index is 12.0. The summed E-state index contributed by atoms with van der Waals surface area (Å²) in [4.78, 5) is 20.0. The van der Waals surface area contributed by atoms with E-state index in [1.54, 1.807) is 0 Å². The van der Waals surface area contributed by atoms with Crippen LogP contribution in [0, 0.1) is 0 Å². The van der Waals surface area contributed by atoms with Gasteiger partial charge in [-0.25, -0.2) is 22.7 Å². The standard InChI is InChI=1S/C14H18N6O3S2/c1-20(2)25(22,23)10-5-3-9(4-6-10)17-13(21)8-24-14-18-11(15)7-12(16)19-14/h3-7H,8H2,1-2H3,(H,17,21)(H4,15,16,18,19). The molecule has 0 saturated carbocycles. The number of aromatic nitrogens is 2. The molecule has 9 nitrogen and oxygen atoms in total. The maximum Gasteiger partial charge on any atom is 0.242 e. The predicted octanol–water partition coefficient (Wildman–Crippen LogP) is 0.622. The fourth-order valence-corrected chi connectivity index (χ4v) is 3.35. The van der Waals surface area contributed by atoms with Gasteiger partial charge < -0.3 is 16.8 Å². The number of carbonyl (C=O) groups excluding carboxylic acids is 1. The number of rotatable bonds is 6. The molecule has 0 aliphatic rings. The van der Waals surface area contributed by atoms with E-state index < -0.39 is 10.0 Å². The van der Waals surface area contributed by atoms with E-state index in [2.05, 4.69) is 15.3 Å². The minimum absolute atomic E-state index is 0.0562. The summed E-state index contributed by atoms with van der Waals surface area (Å²) in [7, 11) is -0.597. The molecule has 0 spiro atoms. The molecule has 134 valence electrons. The summed E-state index contributed by atoms with van der Waals surface area (Å²) in [5, 5.41) is 2.97. The van der Waals surface area contributed by atoms with Crippen molar-refractivity contribution in [3.05, 3.63) is 30.3 Å². The van der Waals surface area contributed by atoms with Gasteiger partial charge in [-0.2, -0.15) is 0 Å². The van der Waals surface area contributed by atoms with E-state index >= 15 is 0 Å². The second kappa shape index (κ2) is 7.68. The largest absolute Gasteiger partial charge is 0.383 e. The average molecular weight is 382 g/mol. The molecule has 1 aromatic heterocycles. The fourth-order valence-electron chi connectivity index (χ4n) is 1.77. The van der Waals surface area contributed by atoms with Crippen LogP contribution in [0.2, 0.25) is 0 Å². The molecule has 0 atom stereocenters. The van der Waals surface area contributed by atoms with Gasteiger partial charge in [0.25, 0.3) is 0 Å². The molecule has 11 heteroatoms. The molecule has 0 aliphatic carbocycles. The summed E-state index contributed by atoms with van der Waals surface area (Å²) in [5.41, 5.74) is 11.6. The van der Waals surface area contributed by atoms with Gasteiger partial charge in [0, 0.05) is 25.8 Å². The molecule has 2 aromatic rings. The SMILES string of the molecule is CN(C)S(=O)(=O)c1ccc(NC(=O)CSc2nc(N)cc(N)n2)cc1. The first kappa shape index (κ1) is 19.0. The molecule has 1 heterocycles. The number of nitrogens with zero attached hydrogens (tertiary/aromatic N) is 3. The molecule has 0 fully saturated rings. The highest BCUT2D eigenvalue weighted by molar-refractivity contribution is 7.99. The van der Waals surface area contributed by atoms with Crippen molar-refractivity contribution in [2.75, 3.05) is 36.6 Å². The van der Waals surface area contributed by atoms with Crippen LogP contribution < -0.4 is 16.8 Å². The third kappa shape index (κ3) is 5.05. The van der Waals surface area contributed by atoms with Crippen molar-refractivity contribution < 1.29 is 13.2 Å². The van der Waals surface area contributed by atoms with Crippen molar-refractivity contribution in [1.82, 2.24) is 14.3 Å². The van der Waals surface area contributed by atoms with Gasteiger partial charge in [0.2, 0.25) is 15.9 Å². The van der Waals surface area contributed by atoms with Gasteiger partial charge in [-0.05, 0) is 24.3 Å². The van der Waals surface area contributed by atoms with Crippen LogP contribution in [0.3, 0.4) is 0 Å². The third-order valence-corrected chi connectivity index (χ3v) is 5.67. The fraction of sp³-hybridized carbons (Fsp3) is 0.214. The van der Waals surface area contributed by atoms with Crippen LogP contribution in [0.1, 0.15) is 0 Å². The van der Waals surface area contributed by atoms with Crippen LogP contribution in [0.25, 0.3) is 0 Å². The molecule has 1 aromatic carbocycles. The number of nitrogens with one attached hydrogen (secondary N) is 1. The molecular formula is C14H18N6O3S2. The van der Waals surface area contributed by atoms with Crippen molar-refractivity contribution in [1.29, 1.82) is 0 Å². The number of carbonyl (C=O) groups is 1. The quantitative estimate of drug-likeness (QED) is 0.487. The van der Waals surface area contributed by atoms with E-state index in [1.165, 1.54) is 44.4 Å². The zero-order valence-electron chi connectivity index (χ0n) is 13.6. The monoisotopic (exact) mass is 382 g/mol. The molecule has 5 N–H and O–H groups in total. The van der Waals surface area contributed by atoms with Gasteiger partial charge in [0.05, 0.1) is 10.6 Å². The Morgan fingerprint density at radius 1 is 1.16 bits per heavy atom. The van der Waals surface area contributed by atoms with Gasteiger partial charge in [-0.15, -0.1) is 0 Å². The van der Waals surface area contributed by atoms with E-state index in [0.717, 1.165) is 16.1 Å². The van der Waals surface area contributed by atoms with E-state index in [4.69, 9.17) is 11.5 Å². The van der Waals surface area contributed by atoms with Crippen molar-refractivity contribution in [3.8, 4) is 0 Å². The molecule has 0 radical (unpaired) electrons. The highest BCUT2D eigenvalue weighted by atomic mass is 32.2. The Labute approximate surface area is 149 Å². The Hall–Kier alpha value is -2.37. The molecule has 0 saturated heterocycles. The lowest BCUT2D eigenvalue weighted by Crippen LogP contribution is -2.22. The van der Waals surface area contributed by atoms with Gasteiger partial charge in [-0.3, -0.25) is 4.79 Å². The topological polar surface area (TPSA) is 144 Å². The highest BCUT2D eigenvalue weighted by Crippen LogP contribution is 2.19. The van der Waals surface area contributed by atoms with Crippen molar-refractivity contribution in [2.45, 2.75) is 10.1 Å². The smallest absolute Gasteiger partial charge is 0.242 e. The Kier molecular flexibility index (Phi) is 5.82. The lowest BCUT2D eigenvalue weighted by atomic mass is 10.3. The zero-order valence-corrected chi connectivity index (χ0v) is 15.3. The van der Waals surface area contributed by atoms with Crippen LogP contribution in [0.15, 0.2) is 40.4 Å². The second-order valence-corrected chi connectivity index (χ2v) is 8.24. The Morgan fingerprint density at radius 2 is 1.72 bits per heavy atom. The zero-order chi connectivity index (χ0) is 18.6. The van der Waals surface area contributed by atoms with Crippen molar-refractivity contribution >= 4 is 45.0 Å². The van der Waals surface area contributed by atoms with Crippen LogP contribution >= 0.6 is 11.8 Å². The van der Waals surface area contributed by atoms with Gasteiger partial charge in [0.1, 0.15) is 11.6 Å². The summed E-state index contributed by atoms with van der Waals surface area (Å²) in [6, 6.07) is 7.33. The van der Waals surface area contributed by atoms with Crippen molar-refractivity contribution in [3.63, 3.8) is 0 Å². The number of amides is 1. The summed E-state index contributed by atoms with van der Waals surface area (Å²) in [6.45, 7) is 0. The maximum atomic E-state index is 12.0. The van der Waals surface area contributed by atoms with Crippen molar-refractivity contribution in [2.24, 2.45) is 0 Å². The predicted molar refractivity (Wildman–Crippen MR) is 97.5 cm³/mol. The number of thioether (sulfide) groups is 1. The van der Waals surface area contributed by atoms with Crippen LogP contribution in [-0.4, -0.2) is 48.4 Å². The summed E-state index contributed by atoms with van der Waals surface area (Å²) in [5.74, 6) is 0.222. The van der Waals surface area contributed by atoms with Crippen LogP contribution in [0.5, 0.6) is 0 Å². The van der Waals surface area contributed by atoms with E-state index in [-0.39, 0.29) is 28.2 Å². The minimum atomic E-state index is -3.50. The van der Waals surface area contributed by atoms with Gasteiger partial charge in [0.15, 0.2) is 5.16 Å². The Morgan fingerprint density at radius 3 is 2.24 bits per heavy atom. The molecule has 0 bridgehead atoms. The number of sulfonamides is 1. The first-order valence-corrected chi connectivity index (χ1v) is 9.46. The second-order valence-electron chi connectivity index (χ2n) is 5.15. The number of benzene rings is 1. The lowest BCUT2D eigenvalue weighted by molar-refractivity contribution is -0.113. The van der Waals surface area contributed by atoms with E-state index in [9.17, 15) is 13.2 Å². The van der Waals surface area contributed by atoms with Gasteiger partial charge in [-0.1, -0.05) is 11.8 Å².